The summed E-state index contributed by atoms with van der Waals surface area (Å²) in [6.45, 7) is 2.39. The number of nitrogens with two attached hydrogens (primary N) is 1. The highest BCUT2D eigenvalue weighted by Crippen LogP contribution is 2.29. The molecule has 1 saturated heterocycles. The van der Waals surface area contributed by atoms with Crippen LogP contribution in [0, 0.1) is 0 Å². The number of aliphatic carboxylic acids is 1. The number of rotatable bonds is 3. The molecule has 1 aliphatic heterocycles. The Kier molecular flexibility index (Phi) is 3.10. The van der Waals surface area contributed by atoms with Crippen LogP contribution in [0.15, 0.2) is 0 Å². The molecule has 1 heterocycles. The van der Waals surface area contributed by atoms with Gasteiger partial charge in [0, 0.05) is 19.5 Å². The molecule has 1 rings (SSSR count). The molecule has 0 saturated carbocycles. The van der Waals surface area contributed by atoms with Crippen molar-refractivity contribution >= 4 is 11.9 Å². The standard InChI is InChI=1S/C9H16N2O3/c1-9(8(13)14)4-2-6-11(9)7(12)3-5-10/h2-6,10H2,1H3,(H,13,14). The number of carbonyl (C=O) groups is 2. The van der Waals surface area contributed by atoms with Crippen molar-refractivity contribution < 1.29 is 14.7 Å². The van der Waals surface area contributed by atoms with Crippen molar-refractivity contribution in [2.75, 3.05) is 13.1 Å². The zero-order chi connectivity index (χ0) is 10.8. The van der Waals surface area contributed by atoms with Crippen LogP contribution in [0.5, 0.6) is 0 Å². The van der Waals surface area contributed by atoms with Gasteiger partial charge in [-0.15, -0.1) is 0 Å². The van der Waals surface area contributed by atoms with Crippen LogP contribution >= 0.6 is 0 Å². The second-order valence-corrected chi connectivity index (χ2v) is 3.77. The number of amides is 1. The minimum Gasteiger partial charge on any atom is -0.480 e. The van der Waals surface area contributed by atoms with Gasteiger partial charge in [-0.25, -0.2) is 4.79 Å². The van der Waals surface area contributed by atoms with Gasteiger partial charge in [0.15, 0.2) is 0 Å². The lowest BCUT2D eigenvalue weighted by Crippen LogP contribution is -2.51. The Balaban J connectivity index is 2.77. The van der Waals surface area contributed by atoms with Gasteiger partial charge in [0.25, 0.3) is 0 Å². The van der Waals surface area contributed by atoms with Crippen LogP contribution in [-0.4, -0.2) is 40.5 Å². The molecule has 14 heavy (non-hydrogen) atoms. The lowest BCUT2D eigenvalue weighted by molar-refractivity contribution is -0.155. The molecule has 5 heteroatoms. The van der Waals surface area contributed by atoms with Crippen LogP contribution in [0.3, 0.4) is 0 Å². The Hall–Kier alpha value is -1.10. The van der Waals surface area contributed by atoms with Crippen molar-refractivity contribution in [1.29, 1.82) is 0 Å². The molecule has 1 fully saturated rings. The van der Waals surface area contributed by atoms with Crippen LogP contribution in [-0.2, 0) is 9.59 Å². The minimum atomic E-state index is -1.02. The number of likely N-dealkylation sites (tertiary alicyclic amines) is 1. The number of hydrogen-bond donors (Lipinski definition) is 2. The molecular formula is C9H16N2O3. The summed E-state index contributed by atoms with van der Waals surface area (Å²) >= 11 is 0. The van der Waals surface area contributed by atoms with Gasteiger partial charge in [-0.1, -0.05) is 0 Å². The van der Waals surface area contributed by atoms with Crippen LogP contribution in [0.2, 0.25) is 0 Å². The molecule has 0 aromatic rings. The van der Waals surface area contributed by atoms with Crippen molar-refractivity contribution in [3.8, 4) is 0 Å². The topological polar surface area (TPSA) is 83.6 Å². The first-order valence-corrected chi connectivity index (χ1v) is 4.76. The predicted molar refractivity (Wildman–Crippen MR) is 50.7 cm³/mol. The third-order valence-electron chi connectivity index (χ3n) is 2.76. The molecule has 5 nitrogen and oxygen atoms in total. The summed E-state index contributed by atoms with van der Waals surface area (Å²) in [5.74, 6) is -1.09. The molecule has 1 unspecified atom stereocenters. The molecule has 0 spiro atoms. The van der Waals surface area contributed by atoms with E-state index >= 15 is 0 Å². The van der Waals surface area contributed by atoms with E-state index in [-0.39, 0.29) is 18.9 Å². The average molecular weight is 200 g/mol. The van der Waals surface area contributed by atoms with E-state index in [0.717, 1.165) is 6.42 Å². The average Bonchev–Trinajstić information content (AvgIpc) is 2.49. The first-order valence-electron chi connectivity index (χ1n) is 4.76. The van der Waals surface area contributed by atoms with Crippen molar-refractivity contribution in [2.24, 2.45) is 5.73 Å². The molecule has 0 aromatic carbocycles. The van der Waals surface area contributed by atoms with E-state index in [2.05, 4.69) is 0 Å². The quantitative estimate of drug-likeness (QED) is 0.661. The van der Waals surface area contributed by atoms with E-state index < -0.39 is 11.5 Å². The Morgan fingerprint density at radius 1 is 1.57 bits per heavy atom. The van der Waals surface area contributed by atoms with E-state index in [1.807, 2.05) is 0 Å². The number of carboxylic acids is 1. The van der Waals surface area contributed by atoms with Crippen LogP contribution in [0.4, 0.5) is 0 Å². The maximum absolute atomic E-state index is 11.5. The Morgan fingerprint density at radius 2 is 2.21 bits per heavy atom. The fourth-order valence-corrected chi connectivity index (χ4v) is 1.84. The summed E-state index contributed by atoms with van der Waals surface area (Å²) in [5.41, 5.74) is 4.25. The second kappa shape index (κ2) is 3.96. The predicted octanol–water partition coefficient (Wildman–Crippen LogP) is -0.199. The highest BCUT2D eigenvalue weighted by Gasteiger charge is 2.45. The zero-order valence-corrected chi connectivity index (χ0v) is 8.32. The third kappa shape index (κ3) is 1.72. The van der Waals surface area contributed by atoms with Crippen molar-refractivity contribution in [3.05, 3.63) is 0 Å². The lowest BCUT2D eigenvalue weighted by Gasteiger charge is -2.31. The minimum absolute atomic E-state index is 0.157. The van der Waals surface area contributed by atoms with E-state index in [9.17, 15) is 9.59 Å². The van der Waals surface area contributed by atoms with Crippen molar-refractivity contribution in [1.82, 2.24) is 4.90 Å². The number of carboxylic acid groups (broad SMARTS) is 1. The lowest BCUT2D eigenvalue weighted by atomic mass is 9.99. The van der Waals surface area contributed by atoms with Gasteiger partial charge in [-0.3, -0.25) is 4.79 Å². The molecular weight excluding hydrogens is 184 g/mol. The van der Waals surface area contributed by atoms with Gasteiger partial charge in [0.2, 0.25) is 5.91 Å². The molecule has 0 aliphatic carbocycles. The zero-order valence-electron chi connectivity index (χ0n) is 8.32. The van der Waals surface area contributed by atoms with E-state index in [1.54, 1.807) is 6.92 Å². The van der Waals surface area contributed by atoms with E-state index in [4.69, 9.17) is 10.8 Å². The SMILES string of the molecule is CC1(C(=O)O)CCCN1C(=O)CCN. The molecule has 1 amide bonds. The van der Waals surface area contributed by atoms with Gasteiger partial charge in [-0.05, 0) is 19.8 Å². The smallest absolute Gasteiger partial charge is 0.329 e. The fraction of sp³-hybridized carbons (Fsp3) is 0.778. The van der Waals surface area contributed by atoms with E-state index in [0.29, 0.717) is 13.0 Å². The summed E-state index contributed by atoms with van der Waals surface area (Å²) in [6.07, 6.45) is 1.50. The molecule has 0 radical (unpaired) electrons. The highest BCUT2D eigenvalue weighted by molar-refractivity contribution is 5.87. The second-order valence-electron chi connectivity index (χ2n) is 3.77. The molecule has 3 N–H and O–H groups in total. The van der Waals surface area contributed by atoms with Crippen molar-refractivity contribution in [2.45, 2.75) is 31.7 Å². The van der Waals surface area contributed by atoms with Gasteiger partial charge < -0.3 is 15.7 Å². The third-order valence-corrected chi connectivity index (χ3v) is 2.76. The van der Waals surface area contributed by atoms with Gasteiger partial charge in [0.05, 0.1) is 0 Å². The summed E-state index contributed by atoms with van der Waals surface area (Å²) in [7, 11) is 0. The fourth-order valence-electron chi connectivity index (χ4n) is 1.84. The number of carbonyl (C=O) groups excluding carboxylic acids is 1. The monoisotopic (exact) mass is 200 g/mol. The summed E-state index contributed by atoms with van der Waals surface area (Å²) < 4.78 is 0. The van der Waals surface area contributed by atoms with Crippen LogP contribution in [0.1, 0.15) is 26.2 Å². The summed E-state index contributed by atoms with van der Waals surface area (Å²) in [4.78, 5) is 24.0. The van der Waals surface area contributed by atoms with Crippen LogP contribution < -0.4 is 5.73 Å². The maximum atomic E-state index is 11.5. The normalized spacial score (nSPS) is 26.6. The Bertz CT molecular complexity index is 254. The Labute approximate surface area is 82.9 Å². The molecule has 1 aliphatic rings. The van der Waals surface area contributed by atoms with Gasteiger partial charge >= 0.3 is 5.97 Å². The van der Waals surface area contributed by atoms with E-state index in [1.165, 1.54) is 4.90 Å². The van der Waals surface area contributed by atoms with Gasteiger partial charge in [-0.2, -0.15) is 0 Å². The van der Waals surface area contributed by atoms with Gasteiger partial charge in [0.1, 0.15) is 5.54 Å². The first-order chi connectivity index (χ1) is 6.52. The number of hydrogen-bond acceptors (Lipinski definition) is 3. The van der Waals surface area contributed by atoms with Crippen molar-refractivity contribution in [3.63, 3.8) is 0 Å². The number of nitrogens with zero attached hydrogens (tertiary/aromatic N) is 1. The highest BCUT2D eigenvalue weighted by atomic mass is 16.4. The Morgan fingerprint density at radius 3 is 2.71 bits per heavy atom. The van der Waals surface area contributed by atoms with Crippen LogP contribution in [0.25, 0.3) is 0 Å². The largest absolute Gasteiger partial charge is 0.480 e. The summed E-state index contributed by atoms with van der Waals surface area (Å²) in [6, 6.07) is 0. The molecule has 1 atom stereocenters. The molecule has 80 valence electrons. The molecule has 0 aromatic heterocycles. The maximum Gasteiger partial charge on any atom is 0.329 e. The molecule has 0 bridgehead atoms. The first kappa shape index (κ1) is 11.0. The summed E-state index contributed by atoms with van der Waals surface area (Å²) in [5, 5.41) is 9.03.